The van der Waals surface area contributed by atoms with Gasteiger partial charge < -0.3 is 10.1 Å². The molecule has 0 heterocycles. The van der Waals surface area contributed by atoms with Crippen molar-refractivity contribution in [1.82, 2.24) is 5.32 Å². The van der Waals surface area contributed by atoms with Gasteiger partial charge in [-0.25, -0.2) is 0 Å². The van der Waals surface area contributed by atoms with Gasteiger partial charge in [0.25, 0.3) is 0 Å². The van der Waals surface area contributed by atoms with Crippen LogP contribution in [-0.4, -0.2) is 13.4 Å². The van der Waals surface area contributed by atoms with Gasteiger partial charge in [-0.05, 0) is 42.0 Å². The van der Waals surface area contributed by atoms with Crippen molar-refractivity contribution in [2.45, 2.75) is 31.0 Å². The van der Waals surface area contributed by atoms with Gasteiger partial charge in [0.1, 0.15) is 0 Å². The number of thioether (sulfide) groups is 1. The molecule has 1 N–H and O–H groups in total. The Kier molecular flexibility index (Phi) is 6.30. The lowest BCUT2D eigenvalue weighted by atomic mass is 10.1. The van der Waals surface area contributed by atoms with Gasteiger partial charge in [-0.1, -0.05) is 36.4 Å². The van der Waals surface area contributed by atoms with Gasteiger partial charge >= 0.3 is 0 Å². The van der Waals surface area contributed by atoms with E-state index in [1.807, 2.05) is 0 Å². The van der Waals surface area contributed by atoms with Crippen LogP contribution in [0.25, 0.3) is 0 Å². The lowest BCUT2D eigenvalue weighted by Gasteiger charge is -2.15. The molecular formula is C18H23NOS. The van der Waals surface area contributed by atoms with Crippen molar-refractivity contribution < 1.29 is 4.74 Å². The number of benzene rings is 2. The molecule has 0 aromatic heterocycles. The summed E-state index contributed by atoms with van der Waals surface area (Å²) in [7, 11) is 1.72. The second-order valence-electron chi connectivity index (χ2n) is 5.13. The summed E-state index contributed by atoms with van der Waals surface area (Å²) in [5, 5.41) is 3.57. The van der Waals surface area contributed by atoms with Crippen molar-refractivity contribution in [3.8, 4) is 0 Å². The normalized spacial score (nSPS) is 12.3. The lowest BCUT2D eigenvalue weighted by Crippen LogP contribution is -2.18. The van der Waals surface area contributed by atoms with Crippen LogP contribution in [0.4, 0.5) is 0 Å². The molecule has 112 valence electrons. The van der Waals surface area contributed by atoms with Crippen LogP contribution in [0.5, 0.6) is 0 Å². The fourth-order valence-electron chi connectivity index (χ4n) is 2.20. The highest BCUT2D eigenvalue weighted by Crippen LogP contribution is 2.19. The molecule has 0 saturated carbocycles. The van der Waals surface area contributed by atoms with Crippen LogP contribution in [0.3, 0.4) is 0 Å². The van der Waals surface area contributed by atoms with Crippen LogP contribution >= 0.6 is 11.8 Å². The van der Waals surface area contributed by atoms with Crippen LogP contribution in [0.1, 0.15) is 29.7 Å². The highest BCUT2D eigenvalue weighted by molar-refractivity contribution is 7.98. The smallest absolute Gasteiger partial charge is 0.0713 e. The van der Waals surface area contributed by atoms with Crippen LogP contribution in [-0.2, 0) is 17.9 Å². The van der Waals surface area contributed by atoms with Crippen molar-refractivity contribution >= 4 is 11.8 Å². The molecule has 0 aliphatic heterocycles. The third-order valence-electron chi connectivity index (χ3n) is 3.56. The summed E-state index contributed by atoms with van der Waals surface area (Å²) < 4.78 is 5.13. The zero-order chi connectivity index (χ0) is 15.1. The summed E-state index contributed by atoms with van der Waals surface area (Å²) in [5.74, 6) is 0. The summed E-state index contributed by atoms with van der Waals surface area (Å²) in [6, 6.07) is 17.7. The third kappa shape index (κ3) is 4.88. The Morgan fingerprint density at radius 1 is 1.00 bits per heavy atom. The Balaban J connectivity index is 1.88. The minimum Gasteiger partial charge on any atom is -0.380 e. The van der Waals surface area contributed by atoms with E-state index in [9.17, 15) is 0 Å². The zero-order valence-electron chi connectivity index (χ0n) is 12.9. The van der Waals surface area contributed by atoms with E-state index in [1.165, 1.54) is 21.6 Å². The maximum Gasteiger partial charge on any atom is 0.0713 e. The van der Waals surface area contributed by atoms with E-state index < -0.39 is 0 Å². The third-order valence-corrected chi connectivity index (χ3v) is 4.31. The second-order valence-corrected chi connectivity index (χ2v) is 6.00. The van der Waals surface area contributed by atoms with Crippen molar-refractivity contribution in [2.24, 2.45) is 0 Å². The van der Waals surface area contributed by atoms with Gasteiger partial charge in [0.15, 0.2) is 0 Å². The Bertz CT molecular complexity index is 536. The maximum atomic E-state index is 5.13. The van der Waals surface area contributed by atoms with Crippen LogP contribution < -0.4 is 5.32 Å². The van der Waals surface area contributed by atoms with E-state index in [0.717, 1.165) is 6.54 Å². The summed E-state index contributed by atoms with van der Waals surface area (Å²) in [5.41, 5.74) is 3.83. The molecule has 0 aliphatic carbocycles. The van der Waals surface area contributed by atoms with Crippen molar-refractivity contribution in [1.29, 1.82) is 0 Å². The first kappa shape index (κ1) is 16.1. The molecule has 2 aromatic rings. The molecular weight excluding hydrogens is 278 g/mol. The molecule has 0 radical (unpaired) electrons. The fourth-order valence-corrected chi connectivity index (χ4v) is 2.61. The van der Waals surface area contributed by atoms with Gasteiger partial charge in [0.2, 0.25) is 0 Å². The average molecular weight is 301 g/mol. The highest BCUT2D eigenvalue weighted by atomic mass is 32.2. The van der Waals surface area contributed by atoms with E-state index in [0.29, 0.717) is 12.6 Å². The summed E-state index contributed by atoms with van der Waals surface area (Å²) in [4.78, 5) is 1.31. The molecule has 21 heavy (non-hydrogen) atoms. The summed E-state index contributed by atoms with van der Waals surface area (Å²) in [6.07, 6.45) is 2.10. The van der Waals surface area contributed by atoms with Crippen LogP contribution in [0, 0.1) is 0 Å². The van der Waals surface area contributed by atoms with Gasteiger partial charge in [-0.2, -0.15) is 0 Å². The van der Waals surface area contributed by atoms with Gasteiger partial charge in [0, 0.05) is 24.6 Å². The highest BCUT2D eigenvalue weighted by Gasteiger charge is 2.05. The summed E-state index contributed by atoms with van der Waals surface area (Å²) >= 11 is 1.77. The second kappa shape index (κ2) is 8.23. The largest absolute Gasteiger partial charge is 0.380 e. The van der Waals surface area contributed by atoms with Crippen molar-refractivity contribution in [2.75, 3.05) is 13.4 Å². The average Bonchev–Trinajstić information content (AvgIpc) is 2.54. The van der Waals surface area contributed by atoms with Crippen LogP contribution in [0.15, 0.2) is 53.4 Å². The topological polar surface area (TPSA) is 21.3 Å². The summed E-state index contributed by atoms with van der Waals surface area (Å²) in [6.45, 7) is 3.75. The minimum atomic E-state index is 0.347. The van der Waals surface area contributed by atoms with Gasteiger partial charge in [-0.3, -0.25) is 0 Å². The van der Waals surface area contributed by atoms with E-state index in [2.05, 4.69) is 67.0 Å². The first-order chi connectivity index (χ1) is 10.2. The quantitative estimate of drug-likeness (QED) is 0.766. The Labute approximate surface area is 131 Å². The molecule has 3 heteroatoms. The maximum absolute atomic E-state index is 5.13. The van der Waals surface area contributed by atoms with Crippen LogP contribution in [0.2, 0.25) is 0 Å². The monoisotopic (exact) mass is 301 g/mol. The lowest BCUT2D eigenvalue weighted by molar-refractivity contribution is 0.185. The number of rotatable bonds is 7. The predicted molar refractivity (Wildman–Crippen MR) is 90.6 cm³/mol. The molecule has 0 spiro atoms. The SMILES string of the molecule is COCc1ccc(CNC(C)c2ccc(SC)cc2)cc1. The van der Waals surface area contributed by atoms with E-state index in [1.54, 1.807) is 18.9 Å². The molecule has 0 saturated heterocycles. The molecule has 2 nitrogen and oxygen atoms in total. The van der Waals surface area contributed by atoms with Crippen molar-refractivity contribution in [3.63, 3.8) is 0 Å². The first-order valence-corrected chi connectivity index (χ1v) is 8.39. The van der Waals surface area contributed by atoms with E-state index in [4.69, 9.17) is 4.74 Å². The number of nitrogens with one attached hydrogen (secondary N) is 1. The van der Waals surface area contributed by atoms with Crippen molar-refractivity contribution in [3.05, 3.63) is 65.2 Å². The molecule has 0 bridgehead atoms. The molecule has 2 rings (SSSR count). The molecule has 2 aromatic carbocycles. The number of hydrogen-bond donors (Lipinski definition) is 1. The molecule has 0 fully saturated rings. The number of methoxy groups -OCH3 is 1. The Morgan fingerprint density at radius 3 is 2.19 bits per heavy atom. The first-order valence-electron chi connectivity index (χ1n) is 7.17. The molecule has 1 unspecified atom stereocenters. The molecule has 0 aliphatic rings. The molecule has 0 amide bonds. The zero-order valence-corrected chi connectivity index (χ0v) is 13.7. The van der Waals surface area contributed by atoms with Gasteiger partial charge in [0.05, 0.1) is 6.61 Å². The Hall–Kier alpha value is -1.29. The fraction of sp³-hybridized carbons (Fsp3) is 0.333. The predicted octanol–water partition coefficient (Wildman–Crippen LogP) is 4.41. The van der Waals surface area contributed by atoms with E-state index >= 15 is 0 Å². The number of hydrogen-bond acceptors (Lipinski definition) is 3. The van der Waals surface area contributed by atoms with E-state index in [-0.39, 0.29) is 0 Å². The Morgan fingerprint density at radius 2 is 1.62 bits per heavy atom. The standard InChI is InChI=1S/C18H23NOS/c1-14(17-8-10-18(21-3)11-9-17)19-12-15-4-6-16(7-5-15)13-20-2/h4-11,14,19H,12-13H2,1-3H3. The number of ether oxygens (including phenoxy) is 1. The minimum absolute atomic E-state index is 0.347. The molecule has 1 atom stereocenters. The van der Waals surface area contributed by atoms with Gasteiger partial charge in [-0.15, -0.1) is 11.8 Å².